The van der Waals surface area contributed by atoms with Crippen LogP contribution in [0.5, 0.6) is 0 Å². The number of benzene rings is 1. The van der Waals surface area contributed by atoms with Gasteiger partial charge in [-0.1, -0.05) is 12.1 Å². The van der Waals surface area contributed by atoms with E-state index in [9.17, 15) is 19.5 Å². The van der Waals surface area contributed by atoms with Crippen LogP contribution in [0.15, 0.2) is 30.5 Å². The van der Waals surface area contributed by atoms with E-state index in [4.69, 9.17) is 5.73 Å². The standard InChI is InChI=1S/C13H13N3O4/c1-7(11(17)15-13(14)20)16-6-5-8-3-2-4-9(10(8)16)12(18)19/h2-7H,1H3,(H,18,19)(H3,14,15,17,20). The summed E-state index contributed by atoms with van der Waals surface area (Å²) in [5.74, 6) is -1.69. The number of carbonyl (C=O) groups is 3. The minimum Gasteiger partial charge on any atom is -0.478 e. The summed E-state index contributed by atoms with van der Waals surface area (Å²) in [7, 11) is 0. The monoisotopic (exact) mass is 275 g/mol. The molecule has 0 aliphatic heterocycles. The molecule has 7 nitrogen and oxygen atoms in total. The highest BCUT2D eigenvalue weighted by Crippen LogP contribution is 2.24. The molecule has 7 heteroatoms. The van der Waals surface area contributed by atoms with Crippen LogP contribution < -0.4 is 11.1 Å². The number of imide groups is 1. The summed E-state index contributed by atoms with van der Waals surface area (Å²) >= 11 is 0. The number of primary amides is 1. The van der Waals surface area contributed by atoms with Crippen molar-refractivity contribution < 1.29 is 19.5 Å². The number of rotatable bonds is 3. The molecule has 0 aliphatic carbocycles. The summed E-state index contributed by atoms with van der Waals surface area (Å²) < 4.78 is 1.50. The maximum atomic E-state index is 11.8. The number of urea groups is 1. The van der Waals surface area contributed by atoms with Gasteiger partial charge in [-0.3, -0.25) is 10.1 Å². The molecule has 2 aromatic rings. The smallest absolute Gasteiger partial charge is 0.337 e. The first-order valence-corrected chi connectivity index (χ1v) is 5.85. The third-order valence-electron chi connectivity index (χ3n) is 3.01. The topological polar surface area (TPSA) is 114 Å². The summed E-state index contributed by atoms with van der Waals surface area (Å²) in [6, 6.07) is 4.83. The Hall–Kier alpha value is -2.83. The van der Waals surface area contributed by atoms with Gasteiger partial charge in [-0.15, -0.1) is 0 Å². The Labute approximate surface area is 114 Å². The zero-order valence-electron chi connectivity index (χ0n) is 10.7. The van der Waals surface area contributed by atoms with Crippen LogP contribution >= 0.6 is 0 Å². The molecule has 1 atom stereocenters. The number of aromatic carboxylic acids is 1. The zero-order valence-corrected chi connectivity index (χ0v) is 10.7. The summed E-state index contributed by atoms with van der Waals surface area (Å²) in [6.45, 7) is 1.55. The summed E-state index contributed by atoms with van der Waals surface area (Å²) in [5, 5.41) is 11.9. The molecule has 1 aromatic heterocycles. The minimum atomic E-state index is -1.09. The lowest BCUT2D eigenvalue weighted by atomic mass is 10.1. The number of nitrogens with two attached hydrogens (primary N) is 1. The molecule has 0 fully saturated rings. The SMILES string of the molecule is CC(C(=O)NC(N)=O)n1ccc2cccc(C(=O)O)c21. The molecule has 1 unspecified atom stereocenters. The number of carboxylic acids is 1. The van der Waals surface area contributed by atoms with E-state index in [0.29, 0.717) is 10.9 Å². The van der Waals surface area contributed by atoms with Crippen molar-refractivity contribution in [2.45, 2.75) is 13.0 Å². The predicted octanol–water partition coefficient (Wildman–Crippen LogP) is 1.10. The van der Waals surface area contributed by atoms with E-state index < -0.39 is 23.9 Å². The van der Waals surface area contributed by atoms with Gasteiger partial charge in [0.25, 0.3) is 5.91 Å². The van der Waals surface area contributed by atoms with E-state index in [1.807, 2.05) is 5.32 Å². The molecule has 1 aromatic carbocycles. The molecule has 2 rings (SSSR count). The molecule has 0 saturated carbocycles. The number of fused-ring (bicyclic) bond motifs is 1. The number of carboxylic acid groups (broad SMARTS) is 1. The van der Waals surface area contributed by atoms with Gasteiger partial charge in [-0.05, 0) is 19.1 Å². The Balaban J connectivity index is 2.52. The Kier molecular flexibility index (Phi) is 3.43. The van der Waals surface area contributed by atoms with Crippen LogP contribution in [0.4, 0.5) is 4.79 Å². The van der Waals surface area contributed by atoms with Gasteiger partial charge in [0.05, 0.1) is 11.1 Å². The number of aromatic nitrogens is 1. The van der Waals surface area contributed by atoms with Crippen molar-refractivity contribution in [2.24, 2.45) is 5.73 Å². The first kappa shape index (κ1) is 13.6. The molecule has 0 bridgehead atoms. The van der Waals surface area contributed by atoms with Crippen LogP contribution in [0.3, 0.4) is 0 Å². The molecule has 0 spiro atoms. The van der Waals surface area contributed by atoms with Crippen LogP contribution in [0.1, 0.15) is 23.3 Å². The predicted molar refractivity (Wildman–Crippen MR) is 71.3 cm³/mol. The van der Waals surface area contributed by atoms with Crippen molar-refractivity contribution in [3.63, 3.8) is 0 Å². The molecule has 1 heterocycles. The fraction of sp³-hybridized carbons (Fsp3) is 0.154. The van der Waals surface area contributed by atoms with Crippen LogP contribution in [0.25, 0.3) is 10.9 Å². The second-order valence-corrected chi connectivity index (χ2v) is 4.30. The van der Waals surface area contributed by atoms with Crippen LogP contribution in [-0.2, 0) is 4.79 Å². The highest BCUT2D eigenvalue weighted by atomic mass is 16.4. The molecule has 20 heavy (non-hydrogen) atoms. The highest BCUT2D eigenvalue weighted by Gasteiger charge is 2.20. The van der Waals surface area contributed by atoms with E-state index in [0.717, 1.165) is 0 Å². The lowest BCUT2D eigenvalue weighted by molar-refractivity contribution is -0.122. The van der Waals surface area contributed by atoms with Crippen LogP contribution in [0, 0.1) is 0 Å². The third-order valence-corrected chi connectivity index (χ3v) is 3.01. The van der Waals surface area contributed by atoms with Crippen molar-refractivity contribution in [1.82, 2.24) is 9.88 Å². The second kappa shape index (κ2) is 5.04. The molecular weight excluding hydrogens is 262 g/mol. The van der Waals surface area contributed by atoms with Gasteiger partial charge in [0.15, 0.2) is 0 Å². The van der Waals surface area contributed by atoms with Crippen LogP contribution in [-0.4, -0.2) is 27.6 Å². The number of para-hydroxylation sites is 1. The lowest BCUT2D eigenvalue weighted by Gasteiger charge is -2.15. The van der Waals surface area contributed by atoms with Gasteiger partial charge in [0, 0.05) is 11.6 Å². The largest absolute Gasteiger partial charge is 0.478 e. The Morgan fingerprint density at radius 1 is 1.30 bits per heavy atom. The fourth-order valence-electron chi connectivity index (χ4n) is 2.07. The lowest BCUT2D eigenvalue weighted by Crippen LogP contribution is -2.39. The van der Waals surface area contributed by atoms with Gasteiger partial charge in [0.2, 0.25) is 0 Å². The fourth-order valence-corrected chi connectivity index (χ4v) is 2.07. The maximum absolute atomic E-state index is 11.8. The van der Waals surface area contributed by atoms with E-state index >= 15 is 0 Å². The van der Waals surface area contributed by atoms with Gasteiger partial charge < -0.3 is 15.4 Å². The average molecular weight is 275 g/mol. The first-order valence-electron chi connectivity index (χ1n) is 5.85. The van der Waals surface area contributed by atoms with Gasteiger partial charge in [-0.25, -0.2) is 9.59 Å². The van der Waals surface area contributed by atoms with E-state index in [-0.39, 0.29) is 5.56 Å². The number of nitrogens with zero attached hydrogens (tertiary/aromatic N) is 1. The molecule has 104 valence electrons. The average Bonchev–Trinajstić information content (AvgIpc) is 2.80. The van der Waals surface area contributed by atoms with E-state index in [1.165, 1.54) is 10.6 Å². The molecule has 0 saturated heterocycles. The third kappa shape index (κ3) is 2.33. The molecule has 3 amide bonds. The Morgan fingerprint density at radius 2 is 2.00 bits per heavy atom. The van der Waals surface area contributed by atoms with Gasteiger partial charge >= 0.3 is 12.0 Å². The normalized spacial score (nSPS) is 12.1. The Bertz CT molecular complexity index is 705. The van der Waals surface area contributed by atoms with E-state index in [1.54, 1.807) is 31.3 Å². The van der Waals surface area contributed by atoms with Crippen molar-refractivity contribution in [3.8, 4) is 0 Å². The first-order chi connectivity index (χ1) is 9.41. The summed E-state index contributed by atoms with van der Waals surface area (Å²) in [6.07, 6.45) is 1.60. The van der Waals surface area contributed by atoms with Gasteiger partial charge in [0.1, 0.15) is 6.04 Å². The highest BCUT2D eigenvalue weighted by molar-refractivity contribution is 6.03. The molecule has 0 radical (unpaired) electrons. The number of hydrogen-bond acceptors (Lipinski definition) is 3. The number of nitrogens with one attached hydrogen (secondary N) is 1. The summed E-state index contributed by atoms with van der Waals surface area (Å²) in [5.41, 5.74) is 5.41. The quantitative estimate of drug-likeness (QED) is 0.777. The van der Waals surface area contributed by atoms with Crippen LogP contribution in [0.2, 0.25) is 0 Å². The van der Waals surface area contributed by atoms with Crippen molar-refractivity contribution >= 4 is 28.8 Å². The maximum Gasteiger partial charge on any atom is 0.337 e. The second-order valence-electron chi connectivity index (χ2n) is 4.30. The zero-order chi connectivity index (χ0) is 14.9. The molecule has 0 aliphatic rings. The van der Waals surface area contributed by atoms with Crippen molar-refractivity contribution in [2.75, 3.05) is 0 Å². The summed E-state index contributed by atoms with van der Waals surface area (Å²) in [4.78, 5) is 33.8. The molecule has 4 N–H and O–H groups in total. The minimum absolute atomic E-state index is 0.0891. The van der Waals surface area contributed by atoms with Crippen molar-refractivity contribution in [3.05, 3.63) is 36.0 Å². The van der Waals surface area contributed by atoms with E-state index in [2.05, 4.69) is 0 Å². The number of amides is 3. The number of carbonyl (C=O) groups excluding carboxylic acids is 2. The van der Waals surface area contributed by atoms with Gasteiger partial charge in [-0.2, -0.15) is 0 Å². The van der Waals surface area contributed by atoms with Crippen molar-refractivity contribution in [1.29, 1.82) is 0 Å². The molecular formula is C13H13N3O4. The number of hydrogen-bond donors (Lipinski definition) is 3. The Morgan fingerprint density at radius 3 is 2.60 bits per heavy atom.